The SMILES string of the molecule is O=C(Nc1ccccc1)C1=CNS(=O)(=O)C=C1. The molecule has 0 saturated heterocycles. The minimum Gasteiger partial charge on any atom is -0.322 e. The Morgan fingerprint density at radius 1 is 1.18 bits per heavy atom. The van der Waals surface area contributed by atoms with E-state index in [-0.39, 0.29) is 11.5 Å². The monoisotopic (exact) mass is 250 g/mol. The molecule has 1 aromatic carbocycles. The number of anilines is 1. The van der Waals surface area contributed by atoms with Gasteiger partial charge in [0.2, 0.25) is 0 Å². The molecule has 0 atom stereocenters. The Bertz CT molecular complexity index is 588. The van der Waals surface area contributed by atoms with Gasteiger partial charge in [-0.1, -0.05) is 18.2 Å². The Balaban J connectivity index is 2.09. The van der Waals surface area contributed by atoms with Crippen LogP contribution in [0.1, 0.15) is 0 Å². The van der Waals surface area contributed by atoms with Gasteiger partial charge in [-0.2, -0.15) is 0 Å². The highest BCUT2D eigenvalue weighted by Crippen LogP contribution is 2.10. The molecule has 1 aliphatic rings. The van der Waals surface area contributed by atoms with E-state index in [1.54, 1.807) is 24.3 Å². The van der Waals surface area contributed by atoms with Crippen molar-refractivity contribution in [3.8, 4) is 0 Å². The number of carbonyl (C=O) groups is 1. The Morgan fingerprint density at radius 2 is 1.88 bits per heavy atom. The van der Waals surface area contributed by atoms with Crippen LogP contribution in [0.3, 0.4) is 0 Å². The minimum atomic E-state index is -3.41. The largest absolute Gasteiger partial charge is 0.322 e. The van der Waals surface area contributed by atoms with Crippen LogP contribution in [0.15, 0.2) is 53.6 Å². The molecule has 1 heterocycles. The van der Waals surface area contributed by atoms with Crippen molar-refractivity contribution >= 4 is 21.6 Å². The maximum atomic E-state index is 11.7. The predicted octanol–water partition coefficient (Wildman–Crippen LogP) is 0.956. The summed E-state index contributed by atoms with van der Waals surface area (Å²) in [4.78, 5) is 11.7. The third-order valence-electron chi connectivity index (χ3n) is 2.10. The molecule has 6 heteroatoms. The second kappa shape index (κ2) is 4.42. The molecule has 0 fully saturated rings. The number of nitrogens with one attached hydrogen (secondary N) is 2. The summed E-state index contributed by atoms with van der Waals surface area (Å²) in [7, 11) is -3.41. The average Bonchev–Trinajstić information content (AvgIpc) is 2.30. The summed E-state index contributed by atoms with van der Waals surface area (Å²) in [6.45, 7) is 0. The number of sulfonamides is 1. The summed E-state index contributed by atoms with van der Waals surface area (Å²) in [5.74, 6) is -0.366. The molecule has 5 nitrogen and oxygen atoms in total. The number of hydrogen-bond acceptors (Lipinski definition) is 3. The normalized spacial score (nSPS) is 16.8. The summed E-state index contributed by atoms with van der Waals surface area (Å²) in [6, 6.07) is 8.92. The zero-order chi connectivity index (χ0) is 12.3. The van der Waals surface area contributed by atoms with Crippen LogP contribution in [0.25, 0.3) is 0 Å². The Kier molecular flexibility index (Phi) is 2.97. The van der Waals surface area contributed by atoms with Gasteiger partial charge in [-0.15, -0.1) is 0 Å². The van der Waals surface area contributed by atoms with Crippen LogP contribution < -0.4 is 10.0 Å². The van der Waals surface area contributed by atoms with Crippen molar-refractivity contribution in [3.63, 3.8) is 0 Å². The topological polar surface area (TPSA) is 75.3 Å². The molecule has 2 N–H and O–H groups in total. The van der Waals surface area contributed by atoms with Gasteiger partial charge < -0.3 is 5.32 Å². The van der Waals surface area contributed by atoms with E-state index < -0.39 is 10.0 Å². The number of carbonyl (C=O) groups excluding carboxylic acids is 1. The van der Waals surface area contributed by atoms with Crippen molar-refractivity contribution in [2.24, 2.45) is 0 Å². The van der Waals surface area contributed by atoms with Gasteiger partial charge in [0, 0.05) is 11.9 Å². The molecule has 1 aromatic rings. The minimum absolute atomic E-state index is 0.253. The molecular weight excluding hydrogens is 240 g/mol. The van der Waals surface area contributed by atoms with E-state index in [1.165, 1.54) is 6.08 Å². The molecule has 0 unspecified atom stereocenters. The van der Waals surface area contributed by atoms with E-state index in [9.17, 15) is 13.2 Å². The van der Waals surface area contributed by atoms with Crippen LogP contribution in [0.2, 0.25) is 0 Å². The second-order valence-electron chi connectivity index (χ2n) is 3.39. The highest BCUT2D eigenvalue weighted by Gasteiger charge is 2.14. The van der Waals surface area contributed by atoms with Crippen molar-refractivity contribution < 1.29 is 13.2 Å². The number of rotatable bonds is 2. The summed E-state index contributed by atoms with van der Waals surface area (Å²) in [6.07, 6.45) is 2.41. The van der Waals surface area contributed by atoms with Gasteiger partial charge in [0.05, 0.1) is 11.0 Å². The number of amides is 1. The third-order valence-corrected chi connectivity index (χ3v) is 3.04. The van der Waals surface area contributed by atoms with Crippen molar-refractivity contribution in [1.29, 1.82) is 0 Å². The van der Waals surface area contributed by atoms with E-state index >= 15 is 0 Å². The summed E-state index contributed by atoms with van der Waals surface area (Å²) in [5, 5.41) is 3.60. The van der Waals surface area contributed by atoms with Crippen LogP contribution in [-0.4, -0.2) is 14.3 Å². The van der Waals surface area contributed by atoms with Crippen molar-refractivity contribution in [1.82, 2.24) is 4.72 Å². The molecule has 0 radical (unpaired) electrons. The zero-order valence-corrected chi connectivity index (χ0v) is 9.57. The molecule has 0 spiro atoms. The maximum Gasteiger partial charge on any atom is 0.257 e. The molecule has 1 amide bonds. The highest BCUT2D eigenvalue weighted by molar-refractivity contribution is 7.92. The van der Waals surface area contributed by atoms with Gasteiger partial charge in [-0.05, 0) is 18.2 Å². The lowest BCUT2D eigenvalue weighted by Crippen LogP contribution is -2.23. The van der Waals surface area contributed by atoms with Crippen LogP contribution in [0.4, 0.5) is 5.69 Å². The van der Waals surface area contributed by atoms with Gasteiger partial charge in [0.15, 0.2) is 0 Å². The lowest BCUT2D eigenvalue weighted by Gasteiger charge is -2.09. The van der Waals surface area contributed by atoms with Crippen LogP contribution in [0, 0.1) is 0 Å². The first kappa shape index (κ1) is 11.4. The summed E-state index contributed by atoms with van der Waals surface area (Å²) in [5.41, 5.74) is 0.906. The molecule has 88 valence electrons. The van der Waals surface area contributed by atoms with Gasteiger partial charge in [-0.25, -0.2) is 8.42 Å². The van der Waals surface area contributed by atoms with Crippen molar-refractivity contribution in [2.75, 3.05) is 5.32 Å². The zero-order valence-electron chi connectivity index (χ0n) is 8.75. The predicted molar refractivity (Wildman–Crippen MR) is 64.4 cm³/mol. The molecule has 0 aliphatic carbocycles. The third kappa shape index (κ3) is 2.94. The Morgan fingerprint density at radius 3 is 2.47 bits per heavy atom. The molecule has 1 aliphatic heterocycles. The fraction of sp³-hybridized carbons (Fsp3) is 0. The first-order valence-electron chi connectivity index (χ1n) is 4.84. The van der Waals surface area contributed by atoms with Gasteiger partial charge >= 0.3 is 0 Å². The van der Waals surface area contributed by atoms with Crippen LogP contribution in [-0.2, 0) is 14.8 Å². The maximum absolute atomic E-state index is 11.7. The smallest absolute Gasteiger partial charge is 0.257 e. The Hall–Kier alpha value is -2.08. The molecule has 2 rings (SSSR count). The van der Waals surface area contributed by atoms with Gasteiger partial charge in [-0.3, -0.25) is 9.52 Å². The molecule has 0 aromatic heterocycles. The lowest BCUT2D eigenvalue weighted by molar-refractivity contribution is -0.112. The number of benzene rings is 1. The molecular formula is C11H10N2O3S. The van der Waals surface area contributed by atoms with Gasteiger partial charge in [0.25, 0.3) is 15.9 Å². The highest BCUT2D eigenvalue weighted by atomic mass is 32.2. The van der Waals surface area contributed by atoms with Crippen molar-refractivity contribution in [2.45, 2.75) is 0 Å². The van der Waals surface area contributed by atoms with Crippen LogP contribution in [0.5, 0.6) is 0 Å². The molecule has 17 heavy (non-hydrogen) atoms. The summed E-state index contributed by atoms with van der Waals surface area (Å²) >= 11 is 0. The first-order valence-corrected chi connectivity index (χ1v) is 6.38. The van der Waals surface area contributed by atoms with E-state index in [0.29, 0.717) is 5.69 Å². The van der Waals surface area contributed by atoms with E-state index in [0.717, 1.165) is 11.6 Å². The fourth-order valence-corrected chi connectivity index (χ4v) is 1.96. The average molecular weight is 250 g/mol. The lowest BCUT2D eigenvalue weighted by atomic mass is 10.2. The molecule has 0 bridgehead atoms. The van der Waals surface area contributed by atoms with E-state index in [4.69, 9.17) is 0 Å². The number of hydrogen-bond donors (Lipinski definition) is 2. The quantitative estimate of drug-likeness (QED) is 0.820. The van der Waals surface area contributed by atoms with Gasteiger partial charge in [0.1, 0.15) is 0 Å². The Labute approximate surface area is 98.9 Å². The molecule has 0 saturated carbocycles. The van der Waals surface area contributed by atoms with Crippen molar-refractivity contribution in [3.05, 3.63) is 53.6 Å². The summed E-state index contributed by atoms with van der Waals surface area (Å²) < 4.78 is 24.1. The first-order chi connectivity index (χ1) is 8.07. The standard InChI is InChI=1S/C11H10N2O3S/c14-11(13-10-4-2-1-3-5-10)9-6-7-17(15,16)12-8-9/h1-8,12H,(H,13,14). The second-order valence-corrected chi connectivity index (χ2v) is 4.98. The van der Waals surface area contributed by atoms with E-state index in [2.05, 4.69) is 10.0 Å². The fourth-order valence-electron chi connectivity index (χ4n) is 1.26. The van der Waals surface area contributed by atoms with E-state index in [1.807, 2.05) is 6.07 Å². The number of para-hydroxylation sites is 1. The van der Waals surface area contributed by atoms with Crippen LogP contribution >= 0.6 is 0 Å².